The summed E-state index contributed by atoms with van der Waals surface area (Å²) in [5.41, 5.74) is 7.02. The Morgan fingerprint density at radius 2 is 1.93 bits per heavy atom. The Bertz CT molecular complexity index is 1200. The Labute approximate surface area is 166 Å². The lowest BCUT2D eigenvalue weighted by Gasteiger charge is -2.10. The maximum atomic E-state index is 6.32. The number of benzene rings is 1. The van der Waals surface area contributed by atoms with Crippen molar-refractivity contribution in [3.05, 3.63) is 64.0 Å². The van der Waals surface area contributed by atoms with Gasteiger partial charge in [-0.25, -0.2) is 0 Å². The summed E-state index contributed by atoms with van der Waals surface area (Å²) in [5, 5.41) is 6.91. The molecule has 27 heavy (non-hydrogen) atoms. The van der Waals surface area contributed by atoms with Crippen LogP contribution in [0.2, 0.25) is 10.0 Å². The number of rotatable bonds is 2. The van der Waals surface area contributed by atoms with Gasteiger partial charge in [-0.05, 0) is 55.7 Å². The van der Waals surface area contributed by atoms with Crippen molar-refractivity contribution in [1.29, 1.82) is 0 Å². The lowest BCUT2D eigenvalue weighted by molar-refractivity contribution is 0.658. The molecule has 0 radical (unpaired) electrons. The van der Waals surface area contributed by atoms with Gasteiger partial charge in [-0.15, -0.1) is 0 Å². The molecule has 1 aromatic carbocycles. The number of aromatic nitrogens is 4. The first kappa shape index (κ1) is 16.7. The summed E-state index contributed by atoms with van der Waals surface area (Å²) in [6.45, 7) is 2.93. The number of hydrogen-bond acceptors (Lipinski definition) is 3. The minimum Gasteiger partial charge on any atom is -0.268 e. The van der Waals surface area contributed by atoms with Gasteiger partial charge in [0.05, 0.1) is 21.3 Å². The zero-order chi connectivity index (χ0) is 18.5. The molecular weight excluding hydrogens is 379 g/mol. The average molecular weight is 395 g/mol. The molecule has 0 fully saturated rings. The highest BCUT2D eigenvalue weighted by Crippen LogP contribution is 2.41. The molecule has 134 valence electrons. The molecule has 0 saturated heterocycles. The van der Waals surface area contributed by atoms with Crippen molar-refractivity contribution in [2.75, 3.05) is 0 Å². The monoisotopic (exact) mass is 394 g/mol. The summed E-state index contributed by atoms with van der Waals surface area (Å²) in [4.78, 5) is 9.19. The Balaban J connectivity index is 1.84. The van der Waals surface area contributed by atoms with Gasteiger partial charge in [-0.3, -0.25) is 14.6 Å². The van der Waals surface area contributed by atoms with E-state index in [2.05, 4.69) is 9.67 Å². The van der Waals surface area contributed by atoms with Gasteiger partial charge in [0.15, 0.2) is 0 Å². The Morgan fingerprint density at radius 3 is 2.78 bits per heavy atom. The third kappa shape index (κ3) is 2.71. The molecule has 1 aliphatic rings. The van der Waals surface area contributed by atoms with Gasteiger partial charge in [0.2, 0.25) is 0 Å². The number of aryl methyl sites for hydroxylation is 2. The van der Waals surface area contributed by atoms with Crippen LogP contribution in [0.4, 0.5) is 0 Å². The molecule has 0 aliphatic carbocycles. The predicted molar refractivity (Wildman–Crippen MR) is 109 cm³/mol. The summed E-state index contributed by atoms with van der Waals surface area (Å²) >= 11 is 12.5. The van der Waals surface area contributed by atoms with Gasteiger partial charge in [-0.1, -0.05) is 29.3 Å². The van der Waals surface area contributed by atoms with Crippen molar-refractivity contribution in [2.24, 2.45) is 0 Å². The maximum absolute atomic E-state index is 6.32. The van der Waals surface area contributed by atoms with E-state index in [0.717, 1.165) is 58.5 Å². The van der Waals surface area contributed by atoms with Gasteiger partial charge in [0.25, 0.3) is 0 Å². The lowest BCUT2D eigenvalue weighted by atomic mass is 9.96. The Morgan fingerprint density at radius 1 is 1.07 bits per heavy atom. The number of nitrogens with zero attached hydrogens (tertiary/aromatic N) is 4. The predicted octanol–water partition coefficient (Wildman–Crippen LogP) is 5.72. The zero-order valence-corrected chi connectivity index (χ0v) is 16.2. The molecule has 0 atom stereocenters. The molecule has 6 heteroatoms. The van der Waals surface area contributed by atoms with Crippen LogP contribution >= 0.6 is 23.2 Å². The highest BCUT2D eigenvalue weighted by atomic mass is 35.5. The van der Waals surface area contributed by atoms with Crippen molar-refractivity contribution < 1.29 is 0 Å². The van der Waals surface area contributed by atoms with Crippen LogP contribution in [-0.2, 0) is 13.0 Å². The number of pyridine rings is 2. The average Bonchev–Trinajstić information content (AvgIpc) is 3.23. The standard InChI is InChI=1S/C21H16Cl2N4/c1-12-4-2-5-17(25-12)21-20(19-6-3-9-27(19)26-21)13-7-8-24-18-11-16(23)15(22)10-14(13)18/h2,4-5,7-8,10-11H,3,6,9H2,1H3. The minimum atomic E-state index is 0.509. The second kappa shape index (κ2) is 6.32. The van der Waals surface area contributed by atoms with E-state index in [9.17, 15) is 0 Å². The summed E-state index contributed by atoms with van der Waals surface area (Å²) in [6, 6.07) is 11.8. The fourth-order valence-corrected chi connectivity index (χ4v) is 4.15. The second-order valence-corrected chi connectivity index (χ2v) is 7.62. The second-order valence-electron chi connectivity index (χ2n) is 6.80. The van der Waals surface area contributed by atoms with E-state index in [0.29, 0.717) is 10.0 Å². The van der Waals surface area contributed by atoms with Gasteiger partial charge in [0.1, 0.15) is 5.69 Å². The smallest absolute Gasteiger partial charge is 0.119 e. The third-order valence-electron chi connectivity index (χ3n) is 5.03. The van der Waals surface area contributed by atoms with Crippen molar-refractivity contribution in [2.45, 2.75) is 26.3 Å². The van der Waals surface area contributed by atoms with Gasteiger partial charge >= 0.3 is 0 Å². The quantitative estimate of drug-likeness (QED) is 0.436. The van der Waals surface area contributed by atoms with Crippen LogP contribution in [0.1, 0.15) is 17.8 Å². The molecule has 4 nitrogen and oxygen atoms in total. The minimum absolute atomic E-state index is 0.509. The van der Waals surface area contributed by atoms with Crippen LogP contribution in [0.15, 0.2) is 42.6 Å². The van der Waals surface area contributed by atoms with Crippen molar-refractivity contribution in [3.63, 3.8) is 0 Å². The summed E-state index contributed by atoms with van der Waals surface area (Å²) in [7, 11) is 0. The van der Waals surface area contributed by atoms with Gasteiger partial charge in [-0.2, -0.15) is 5.10 Å². The van der Waals surface area contributed by atoms with Crippen LogP contribution in [0.25, 0.3) is 33.4 Å². The van der Waals surface area contributed by atoms with E-state index in [1.807, 2.05) is 49.5 Å². The first-order chi connectivity index (χ1) is 13.1. The number of hydrogen-bond donors (Lipinski definition) is 0. The first-order valence-corrected chi connectivity index (χ1v) is 9.65. The lowest BCUT2D eigenvalue weighted by Crippen LogP contribution is -1.95. The molecule has 4 heterocycles. The van der Waals surface area contributed by atoms with Crippen LogP contribution < -0.4 is 0 Å². The van der Waals surface area contributed by atoms with E-state index in [1.54, 1.807) is 0 Å². The molecule has 4 aromatic rings. The fourth-order valence-electron chi connectivity index (χ4n) is 3.83. The van der Waals surface area contributed by atoms with Gasteiger partial charge in [0, 0.05) is 35.1 Å². The molecule has 0 saturated carbocycles. The van der Waals surface area contributed by atoms with Crippen LogP contribution in [0.3, 0.4) is 0 Å². The topological polar surface area (TPSA) is 43.6 Å². The fraction of sp³-hybridized carbons (Fsp3) is 0.190. The van der Waals surface area contributed by atoms with Crippen LogP contribution in [0.5, 0.6) is 0 Å². The zero-order valence-electron chi connectivity index (χ0n) is 14.7. The highest BCUT2D eigenvalue weighted by molar-refractivity contribution is 6.42. The maximum Gasteiger partial charge on any atom is 0.119 e. The van der Waals surface area contributed by atoms with Crippen molar-refractivity contribution in [1.82, 2.24) is 19.7 Å². The molecule has 0 N–H and O–H groups in total. The van der Waals surface area contributed by atoms with Crippen LogP contribution in [-0.4, -0.2) is 19.7 Å². The number of halogens is 2. The summed E-state index contributed by atoms with van der Waals surface area (Å²) in [6.07, 6.45) is 3.92. The van der Waals surface area contributed by atoms with Gasteiger partial charge < -0.3 is 0 Å². The molecule has 5 rings (SSSR count). The summed E-state index contributed by atoms with van der Waals surface area (Å²) in [5.74, 6) is 0. The van der Waals surface area contributed by atoms with Crippen molar-refractivity contribution in [3.8, 4) is 22.5 Å². The molecule has 3 aromatic heterocycles. The molecular formula is C21H16Cl2N4. The third-order valence-corrected chi connectivity index (χ3v) is 5.75. The number of fused-ring (bicyclic) bond motifs is 2. The van der Waals surface area contributed by atoms with E-state index >= 15 is 0 Å². The molecule has 0 amide bonds. The molecule has 1 aliphatic heterocycles. The van der Waals surface area contributed by atoms with E-state index in [-0.39, 0.29) is 0 Å². The van der Waals surface area contributed by atoms with Crippen LogP contribution in [0, 0.1) is 6.92 Å². The highest BCUT2D eigenvalue weighted by Gasteiger charge is 2.25. The van der Waals surface area contributed by atoms with E-state index in [1.165, 1.54) is 5.69 Å². The Hall–Kier alpha value is -2.43. The van der Waals surface area contributed by atoms with Crippen molar-refractivity contribution >= 4 is 34.1 Å². The largest absolute Gasteiger partial charge is 0.268 e. The molecule has 0 spiro atoms. The molecule has 0 unspecified atom stereocenters. The Kier molecular flexibility index (Phi) is 3.92. The van der Waals surface area contributed by atoms with E-state index in [4.69, 9.17) is 33.3 Å². The normalized spacial score (nSPS) is 13.3. The first-order valence-electron chi connectivity index (χ1n) is 8.89. The summed E-state index contributed by atoms with van der Waals surface area (Å²) < 4.78 is 2.11. The molecule has 0 bridgehead atoms. The SMILES string of the molecule is Cc1cccc(-c2nn3c(c2-c2ccnc4cc(Cl)c(Cl)cc24)CCC3)n1. The van der Waals surface area contributed by atoms with E-state index < -0.39 is 0 Å².